The third kappa shape index (κ3) is 1.54. The van der Waals surface area contributed by atoms with E-state index in [1.54, 1.807) is 11.3 Å². The van der Waals surface area contributed by atoms with E-state index in [9.17, 15) is 0 Å². The molecule has 1 aromatic carbocycles. The summed E-state index contributed by atoms with van der Waals surface area (Å²) in [6.07, 6.45) is 2.07. The van der Waals surface area contributed by atoms with Gasteiger partial charge in [0.05, 0.1) is 22.2 Å². The monoisotopic (exact) mass is 238 g/mol. The zero-order valence-corrected chi connectivity index (χ0v) is 10.2. The van der Waals surface area contributed by atoms with Crippen LogP contribution in [-0.2, 0) is 0 Å². The summed E-state index contributed by atoms with van der Waals surface area (Å²) in [5.41, 5.74) is 4.09. The molecule has 3 rings (SSSR count). The highest BCUT2D eigenvalue weighted by Crippen LogP contribution is 2.26. The molecule has 0 radical (unpaired) electrons. The van der Waals surface area contributed by atoms with Gasteiger partial charge in [-0.1, -0.05) is 6.07 Å². The minimum atomic E-state index is 0.742. The molecule has 0 amide bonds. The van der Waals surface area contributed by atoms with Crippen LogP contribution in [0.15, 0.2) is 41.9 Å². The van der Waals surface area contributed by atoms with Crippen molar-refractivity contribution in [1.29, 1.82) is 5.26 Å². The topological polar surface area (TPSA) is 28.2 Å². The minimum Gasteiger partial charge on any atom is -0.307 e. The Bertz CT molecular complexity index is 728. The zero-order valence-electron chi connectivity index (χ0n) is 9.34. The molecule has 0 aliphatic heterocycles. The summed E-state index contributed by atoms with van der Waals surface area (Å²) in [6.45, 7) is 1.97. The van der Waals surface area contributed by atoms with Crippen LogP contribution in [0.3, 0.4) is 0 Å². The van der Waals surface area contributed by atoms with Crippen molar-refractivity contribution in [3.63, 3.8) is 0 Å². The van der Waals surface area contributed by atoms with Gasteiger partial charge in [-0.2, -0.15) is 5.26 Å². The van der Waals surface area contributed by atoms with Crippen LogP contribution in [0.4, 0.5) is 0 Å². The summed E-state index contributed by atoms with van der Waals surface area (Å²) in [7, 11) is 0. The van der Waals surface area contributed by atoms with Crippen LogP contribution in [0.5, 0.6) is 0 Å². The molecule has 0 aliphatic carbocycles. The fraction of sp³-hybridized carbons (Fsp3) is 0.0714. The standard InChI is InChI=1S/C14H10N2S/c1-10-8-11(2-3-12(10)9-15)13-4-5-14-16(13)6-7-17-14/h2-8H,1H3. The summed E-state index contributed by atoms with van der Waals surface area (Å²) in [6, 6.07) is 12.4. The van der Waals surface area contributed by atoms with E-state index in [-0.39, 0.29) is 0 Å². The fourth-order valence-corrected chi connectivity index (χ4v) is 2.77. The third-order valence-corrected chi connectivity index (χ3v) is 3.75. The summed E-state index contributed by atoms with van der Waals surface area (Å²) in [5, 5.41) is 11.0. The van der Waals surface area contributed by atoms with Crippen LogP contribution in [0.2, 0.25) is 0 Å². The van der Waals surface area contributed by atoms with E-state index in [1.807, 2.05) is 19.1 Å². The summed E-state index contributed by atoms with van der Waals surface area (Å²) < 4.78 is 2.17. The molecule has 0 spiro atoms. The molecule has 2 heterocycles. The van der Waals surface area contributed by atoms with Crippen molar-refractivity contribution >= 4 is 16.2 Å². The second kappa shape index (κ2) is 3.76. The van der Waals surface area contributed by atoms with Crippen molar-refractivity contribution in [3.8, 4) is 17.3 Å². The Kier molecular flexibility index (Phi) is 2.24. The Morgan fingerprint density at radius 2 is 2.12 bits per heavy atom. The number of nitrogens with zero attached hydrogens (tertiary/aromatic N) is 2. The number of aryl methyl sites for hydroxylation is 1. The van der Waals surface area contributed by atoms with E-state index >= 15 is 0 Å². The van der Waals surface area contributed by atoms with E-state index < -0.39 is 0 Å². The maximum atomic E-state index is 8.93. The summed E-state index contributed by atoms with van der Waals surface area (Å²) >= 11 is 1.73. The molecule has 2 nitrogen and oxygen atoms in total. The van der Waals surface area contributed by atoms with Crippen LogP contribution < -0.4 is 0 Å². The van der Waals surface area contributed by atoms with E-state index in [2.05, 4.69) is 40.2 Å². The molecule has 0 saturated heterocycles. The molecule has 0 N–H and O–H groups in total. The molecule has 2 aromatic heterocycles. The highest BCUT2D eigenvalue weighted by Gasteiger charge is 2.06. The van der Waals surface area contributed by atoms with Crippen molar-refractivity contribution in [2.24, 2.45) is 0 Å². The molecule has 3 aromatic rings. The van der Waals surface area contributed by atoms with Gasteiger partial charge in [-0.15, -0.1) is 11.3 Å². The number of nitriles is 1. The first-order valence-electron chi connectivity index (χ1n) is 5.35. The van der Waals surface area contributed by atoms with Crippen molar-refractivity contribution in [3.05, 3.63) is 53.0 Å². The van der Waals surface area contributed by atoms with Gasteiger partial charge in [-0.3, -0.25) is 0 Å². The van der Waals surface area contributed by atoms with Crippen LogP contribution in [-0.4, -0.2) is 4.40 Å². The molecule has 0 aliphatic rings. The van der Waals surface area contributed by atoms with Gasteiger partial charge in [0.2, 0.25) is 0 Å². The lowest BCUT2D eigenvalue weighted by molar-refractivity contribution is 1.24. The zero-order chi connectivity index (χ0) is 11.8. The minimum absolute atomic E-state index is 0.742. The molecular formula is C14H10N2S. The first-order valence-corrected chi connectivity index (χ1v) is 6.23. The van der Waals surface area contributed by atoms with Gasteiger partial charge >= 0.3 is 0 Å². The Balaban J connectivity index is 2.20. The van der Waals surface area contributed by atoms with Crippen molar-refractivity contribution in [1.82, 2.24) is 4.40 Å². The molecule has 82 valence electrons. The number of aromatic nitrogens is 1. The Hall–Kier alpha value is -2.05. The average Bonchev–Trinajstić information content (AvgIpc) is 2.90. The largest absolute Gasteiger partial charge is 0.307 e. The Labute approximate surface area is 103 Å². The van der Waals surface area contributed by atoms with Gasteiger partial charge in [-0.05, 0) is 42.3 Å². The van der Waals surface area contributed by atoms with Crippen molar-refractivity contribution in [2.75, 3.05) is 0 Å². The number of benzene rings is 1. The second-order valence-electron chi connectivity index (χ2n) is 3.97. The fourth-order valence-electron chi connectivity index (χ4n) is 2.02. The second-order valence-corrected chi connectivity index (χ2v) is 4.90. The van der Waals surface area contributed by atoms with Crippen molar-refractivity contribution < 1.29 is 0 Å². The molecule has 0 saturated carbocycles. The molecule has 3 heteroatoms. The lowest BCUT2D eigenvalue weighted by atomic mass is 10.0. The molecular weight excluding hydrogens is 228 g/mol. The van der Waals surface area contributed by atoms with E-state index in [4.69, 9.17) is 5.26 Å². The molecule has 0 unspecified atom stereocenters. The number of rotatable bonds is 1. The highest BCUT2D eigenvalue weighted by atomic mass is 32.1. The quantitative estimate of drug-likeness (QED) is 0.633. The maximum Gasteiger partial charge on any atom is 0.0995 e. The van der Waals surface area contributed by atoms with E-state index in [0.29, 0.717) is 0 Å². The predicted octanol–water partition coefficient (Wildman–Crippen LogP) is 3.85. The smallest absolute Gasteiger partial charge is 0.0995 e. The van der Waals surface area contributed by atoms with Gasteiger partial charge in [0.1, 0.15) is 0 Å². The van der Waals surface area contributed by atoms with Crippen molar-refractivity contribution in [2.45, 2.75) is 6.92 Å². The Morgan fingerprint density at radius 3 is 2.88 bits per heavy atom. The molecule has 0 fully saturated rings. The number of fused-ring (bicyclic) bond motifs is 1. The van der Waals surface area contributed by atoms with Gasteiger partial charge in [0, 0.05) is 11.6 Å². The number of hydrogen-bond acceptors (Lipinski definition) is 2. The van der Waals surface area contributed by atoms with Gasteiger partial charge in [0.25, 0.3) is 0 Å². The first-order chi connectivity index (χ1) is 8.29. The van der Waals surface area contributed by atoms with Crippen LogP contribution in [0.1, 0.15) is 11.1 Å². The van der Waals surface area contributed by atoms with E-state index in [1.165, 1.54) is 10.5 Å². The van der Waals surface area contributed by atoms with Gasteiger partial charge in [-0.25, -0.2) is 0 Å². The summed E-state index contributed by atoms with van der Waals surface area (Å²) in [4.78, 5) is 1.24. The molecule has 17 heavy (non-hydrogen) atoms. The van der Waals surface area contributed by atoms with E-state index in [0.717, 1.165) is 16.7 Å². The SMILES string of the molecule is Cc1cc(-c2ccc3sccn23)ccc1C#N. The van der Waals surface area contributed by atoms with Crippen LogP contribution >= 0.6 is 11.3 Å². The maximum absolute atomic E-state index is 8.93. The van der Waals surface area contributed by atoms with Crippen LogP contribution in [0.25, 0.3) is 16.1 Å². The summed E-state index contributed by atoms with van der Waals surface area (Å²) in [5.74, 6) is 0. The predicted molar refractivity (Wildman–Crippen MR) is 70.2 cm³/mol. The first kappa shape index (κ1) is 10.1. The van der Waals surface area contributed by atoms with Gasteiger partial charge < -0.3 is 4.40 Å². The number of hydrogen-bond donors (Lipinski definition) is 0. The lowest BCUT2D eigenvalue weighted by Gasteiger charge is -2.03. The normalized spacial score (nSPS) is 10.6. The highest BCUT2D eigenvalue weighted by molar-refractivity contribution is 7.15. The molecule has 0 bridgehead atoms. The number of thiazole rings is 1. The third-order valence-electron chi connectivity index (χ3n) is 2.92. The molecule has 0 atom stereocenters. The lowest BCUT2D eigenvalue weighted by Crippen LogP contribution is -1.87. The average molecular weight is 238 g/mol. The van der Waals surface area contributed by atoms with Gasteiger partial charge in [0.15, 0.2) is 0 Å². The Morgan fingerprint density at radius 1 is 1.24 bits per heavy atom. The van der Waals surface area contributed by atoms with Crippen LogP contribution in [0, 0.1) is 18.3 Å².